The lowest BCUT2D eigenvalue weighted by Crippen LogP contribution is -2.57. The number of aliphatic hydroxyl groups excluding tert-OH is 1. The molecule has 2 N–H and O–H groups in total. The molecule has 3 aliphatic heterocycles. The van der Waals surface area contributed by atoms with E-state index in [2.05, 4.69) is 26.8 Å². The lowest BCUT2D eigenvalue weighted by molar-refractivity contribution is -0.126. The fourth-order valence-electron chi connectivity index (χ4n) is 6.88. The van der Waals surface area contributed by atoms with Gasteiger partial charge < -0.3 is 29.9 Å². The molecule has 3 aliphatic rings. The van der Waals surface area contributed by atoms with Crippen molar-refractivity contribution in [1.29, 1.82) is 0 Å². The van der Waals surface area contributed by atoms with Gasteiger partial charge in [0.2, 0.25) is 11.9 Å². The van der Waals surface area contributed by atoms with Crippen LogP contribution in [0.4, 0.5) is 27.8 Å². The van der Waals surface area contributed by atoms with Crippen LogP contribution in [0.5, 0.6) is 0 Å². The number of fused-ring (bicyclic) bond motifs is 1. The minimum absolute atomic E-state index is 0.00412. The van der Waals surface area contributed by atoms with Crippen molar-refractivity contribution in [3.63, 3.8) is 0 Å². The highest BCUT2D eigenvalue weighted by Gasteiger charge is 2.40. The average molecular weight is 669 g/mol. The van der Waals surface area contributed by atoms with Gasteiger partial charge in [-0.15, -0.1) is 0 Å². The van der Waals surface area contributed by atoms with E-state index in [1.807, 2.05) is 24.1 Å². The fraction of sp³-hybridized carbons (Fsp3) is 0.531. The third kappa shape index (κ3) is 7.02. The molecule has 1 amide bonds. The molecule has 3 aromatic heterocycles. The molecule has 252 valence electrons. The quantitative estimate of drug-likeness (QED) is 0.289. The minimum Gasteiger partial charge on any atom is -0.394 e. The van der Waals surface area contributed by atoms with Crippen molar-refractivity contribution in [3.8, 4) is 0 Å². The van der Waals surface area contributed by atoms with Gasteiger partial charge in [0.25, 0.3) is 0 Å². The minimum atomic E-state index is -3.11. The number of hydrogen-bond acceptors (Lipinski definition) is 12. The standard InChI is InChI=1S/C32H41FN8O5S/c1-4-30(43)40-10-5-6-26(40)23-15-36-31(41-17-21(20(41)2)19-47(3,44)45)24-16-35-29(14-22(23)24)37-28-7-9-34-32(38-28)39-11-8-27(25(33)18-39)46-13-12-42/h4,7,9,14-16,20-21,25-27,42H,1,5-6,8,10-13,17-19H2,2-3H3,(H,34,35,37,38)/t20-,21-,25+,26?,27-/m1/s1. The number of alkyl halides is 1. The zero-order valence-electron chi connectivity index (χ0n) is 26.6. The van der Waals surface area contributed by atoms with Gasteiger partial charge in [-0.05, 0) is 49.8 Å². The molecule has 15 heteroatoms. The van der Waals surface area contributed by atoms with Crippen LogP contribution < -0.4 is 15.1 Å². The van der Waals surface area contributed by atoms with E-state index in [0.717, 1.165) is 35.0 Å². The summed E-state index contributed by atoms with van der Waals surface area (Å²) in [5.74, 6) is 2.09. The highest BCUT2D eigenvalue weighted by Crippen LogP contribution is 2.41. The number of sulfone groups is 1. The second kappa shape index (κ2) is 13.6. The van der Waals surface area contributed by atoms with E-state index in [9.17, 15) is 17.6 Å². The number of nitrogens with one attached hydrogen (secondary N) is 1. The Morgan fingerprint density at radius 2 is 2.00 bits per heavy atom. The number of hydrogen-bond donors (Lipinski definition) is 2. The number of likely N-dealkylation sites (tertiary alicyclic amines) is 1. The van der Waals surface area contributed by atoms with E-state index in [1.165, 1.54) is 12.3 Å². The molecule has 0 saturated carbocycles. The van der Waals surface area contributed by atoms with E-state index in [4.69, 9.17) is 19.8 Å². The van der Waals surface area contributed by atoms with E-state index in [0.29, 0.717) is 43.6 Å². The van der Waals surface area contributed by atoms with Crippen molar-refractivity contribution in [2.75, 3.05) is 66.5 Å². The van der Waals surface area contributed by atoms with Gasteiger partial charge in [-0.2, -0.15) is 4.98 Å². The van der Waals surface area contributed by atoms with Crippen molar-refractivity contribution < 1.29 is 27.4 Å². The van der Waals surface area contributed by atoms with Gasteiger partial charge in [0, 0.05) is 67.4 Å². The van der Waals surface area contributed by atoms with Crippen LogP contribution in [-0.4, -0.2) is 114 Å². The van der Waals surface area contributed by atoms with Crippen molar-refractivity contribution in [1.82, 2.24) is 24.8 Å². The van der Waals surface area contributed by atoms with Gasteiger partial charge in [-0.25, -0.2) is 27.8 Å². The normalized spacial score (nSPS) is 24.8. The van der Waals surface area contributed by atoms with Crippen LogP contribution in [0.1, 0.15) is 37.8 Å². The molecule has 5 atom stereocenters. The maximum atomic E-state index is 14.8. The lowest BCUT2D eigenvalue weighted by atomic mass is 9.90. The van der Waals surface area contributed by atoms with Crippen LogP contribution in [-0.2, 0) is 19.4 Å². The van der Waals surface area contributed by atoms with Crippen LogP contribution in [0, 0.1) is 5.92 Å². The maximum Gasteiger partial charge on any atom is 0.246 e. The van der Waals surface area contributed by atoms with E-state index < -0.39 is 22.1 Å². The van der Waals surface area contributed by atoms with Crippen molar-refractivity contribution in [2.24, 2.45) is 5.92 Å². The van der Waals surface area contributed by atoms with E-state index in [1.54, 1.807) is 23.4 Å². The topological polar surface area (TPSA) is 154 Å². The zero-order valence-corrected chi connectivity index (χ0v) is 27.4. The molecule has 0 aromatic carbocycles. The Balaban J connectivity index is 1.29. The first-order valence-corrected chi connectivity index (χ1v) is 18.0. The van der Waals surface area contributed by atoms with Gasteiger partial charge in [-0.3, -0.25) is 4.79 Å². The molecule has 3 aromatic rings. The van der Waals surface area contributed by atoms with Crippen molar-refractivity contribution in [2.45, 2.75) is 50.5 Å². The van der Waals surface area contributed by atoms with Gasteiger partial charge in [0.15, 0.2) is 0 Å². The summed E-state index contributed by atoms with van der Waals surface area (Å²) in [7, 11) is -3.11. The molecular weight excluding hydrogens is 627 g/mol. The molecule has 0 bridgehead atoms. The average Bonchev–Trinajstić information content (AvgIpc) is 3.54. The molecule has 0 aliphatic carbocycles. The molecular formula is C32H41FN8O5S. The Labute approximate surface area is 273 Å². The van der Waals surface area contributed by atoms with Crippen molar-refractivity contribution in [3.05, 3.63) is 48.9 Å². The summed E-state index contributed by atoms with van der Waals surface area (Å²) in [4.78, 5) is 37.0. The number of carbonyl (C=O) groups is 1. The Bertz CT molecular complexity index is 1750. The van der Waals surface area contributed by atoms with Crippen LogP contribution >= 0.6 is 0 Å². The van der Waals surface area contributed by atoms with Gasteiger partial charge in [0.05, 0.1) is 37.7 Å². The highest BCUT2D eigenvalue weighted by molar-refractivity contribution is 7.90. The molecule has 0 spiro atoms. The number of aromatic nitrogens is 4. The molecule has 3 saturated heterocycles. The predicted octanol–water partition coefficient (Wildman–Crippen LogP) is 2.81. The summed E-state index contributed by atoms with van der Waals surface area (Å²) >= 11 is 0. The van der Waals surface area contributed by atoms with Crippen LogP contribution in [0.2, 0.25) is 0 Å². The van der Waals surface area contributed by atoms with Crippen LogP contribution in [0.3, 0.4) is 0 Å². The first-order chi connectivity index (χ1) is 22.6. The molecule has 0 radical (unpaired) electrons. The Kier molecular flexibility index (Phi) is 9.58. The lowest BCUT2D eigenvalue weighted by Gasteiger charge is -2.47. The van der Waals surface area contributed by atoms with Crippen molar-refractivity contribution >= 4 is 49.9 Å². The molecule has 47 heavy (non-hydrogen) atoms. The van der Waals surface area contributed by atoms with E-state index >= 15 is 0 Å². The second-order valence-corrected chi connectivity index (χ2v) is 14.7. The van der Waals surface area contributed by atoms with E-state index in [-0.39, 0.29) is 49.4 Å². The van der Waals surface area contributed by atoms with Gasteiger partial charge in [-0.1, -0.05) is 6.58 Å². The molecule has 13 nitrogen and oxygen atoms in total. The smallest absolute Gasteiger partial charge is 0.246 e. The SMILES string of the molecule is C=CC(=O)N1CCCC1c1cnc(N2C[C@H](CS(C)(=O)=O)[C@H]2C)c2cnc(Nc3ccnc(N4CC[C@@H](OCCO)[C@@H](F)C4)n3)cc12. The largest absolute Gasteiger partial charge is 0.394 e. The molecule has 1 unspecified atom stereocenters. The number of amides is 1. The number of pyridine rings is 2. The molecule has 3 fully saturated rings. The number of rotatable bonds is 11. The van der Waals surface area contributed by atoms with Gasteiger partial charge in [0.1, 0.15) is 33.5 Å². The Morgan fingerprint density at radius 3 is 2.72 bits per heavy atom. The summed E-state index contributed by atoms with van der Waals surface area (Å²) in [6.45, 7) is 7.42. The monoisotopic (exact) mass is 668 g/mol. The number of nitrogens with zero attached hydrogens (tertiary/aromatic N) is 7. The summed E-state index contributed by atoms with van der Waals surface area (Å²) in [6, 6.07) is 3.43. The number of halogens is 1. The first kappa shape index (κ1) is 33.0. The number of aliphatic hydroxyl groups is 1. The third-order valence-corrected chi connectivity index (χ3v) is 10.4. The molecule has 6 rings (SSSR count). The number of carbonyl (C=O) groups excluding carboxylic acids is 1. The number of ether oxygens (including phenoxy) is 1. The first-order valence-electron chi connectivity index (χ1n) is 15.9. The second-order valence-electron chi connectivity index (χ2n) is 12.5. The van der Waals surface area contributed by atoms with Crippen LogP contribution in [0.25, 0.3) is 10.8 Å². The van der Waals surface area contributed by atoms with Crippen LogP contribution in [0.15, 0.2) is 43.4 Å². The summed E-state index contributed by atoms with van der Waals surface area (Å²) in [6.07, 6.45) is 8.05. The highest BCUT2D eigenvalue weighted by atomic mass is 32.2. The summed E-state index contributed by atoms with van der Waals surface area (Å²) < 4.78 is 44.2. The Hall–Kier alpha value is -3.95. The zero-order chi connectivity index (χ0) is 33.3. The maximum absolute atomic E-state index is 14.8. The van der Waals surface area contributed by atoms with Gasteiger partial charge >= 0.3 is 0 Å². The summed E-state index contributed by atoms with van der Waals surface area (Å²) in [5, 5.41) is 14.0. The Morgan fingerprint density at radius 1 is 1.17 bits per heavy atom. The number of anilines is 4. The third-order valence-electron chi connectivity index (χ3n) is 9.33. The number of piperidine rings is 1. The fourth-order valence-corrected chi connectivity index (χ4v) is 8.04. The predicted molar refractivity (Wildman–Crippen MR) is 177 cm³/mol. The summed E-state index contributed by atoms with van der Waals surface area (Å²) in [5.41, 5.74) is 0.895. The molecule has 6 heterocycles.